The lowest BCUT2D eigenvalue weighted by molar-refractivity contribution is 0.00990. The van der Waals surface area contributed by atoms with E-state index in [-0.39, 0.29) is 0 Å². The molecule has 1 aromatic carbocycles. The van der Waals surface area contributed by atoms with Gasteiger partial charge < -0.3 is 24.2 Å². The Hall–Kier alpha value is -2.45. The number of rotatable bonds is 11. The Morgan fingerprint density at radius 3 is 2.84 bits per heavy atom. The number of guanidine groups is 1. The Labute approximate surface area is 191 Å². The van der Waals surface area contributed by atoms with Gasteiger partial charge in [-0.1, -0.05) is 24.2 Å². The molecular formula is C24H37N5O3. The van der Waals surface area contributed by atoms with Gasteiger partial charge in [-0.3, -0.25) is 0 Å². The summed E-state index contributed by atoms with van der Waals surface area (Å²) in [4.78, 5) is 11.7. The number of aliphatic imine (C=N–C) groups is 1. The van der Waals surface area contributed by atoms with Gasteiger partial charge in [-0.25, -0.2) is 4.99 Å². The van der Waals surface area contributed by atoms with Crippen LogP contribution >= 0.6 is 0 Å². The standard InChI is InChI=1S/C24H37N5O3/c1-4-8-22-27-23(32-28-22)20-10-6-9-19(17-20)18-26-24(25-5-2)29-13-11-21(12-14-29)31-16-7-15-30-3/h6,9-10,17,21H,4-5,7-8,11-16,18H2,1-3H3,(H,25,26). The Kier molecular flexibility index (Phi) is 9.97. The first-order valence-electron chi connectivity index (χ1n) is 11.8. The van der Waals surface area contributed by atoms with Crippen LogP contribution in [-0.2, 0) is 22.4 Å². The Bertz CT molecular complexity index is 831. The van der Waals surface area contributed by atoms with Crippen molar-refractivity contribution in [3.8, 4) is 11.5 Å². The van der Waals surface area contributed by atoms with Gasteiger partial charge in [-0.2, -0.15) is 4.98 Å². The minimum atomic E-state index is 0.328. The van der Waals surface area contributed by atoms with Crippen LogP contribution in [0.2, 0.25) is 0 Å². The molecule has 2 aromatic rings. The quantitative estimate of drug-likeness (QED) is 0.322. The number of hydrogen-bond acceptors (Lipinski definition) is 6. The second-order valence-electron chi connectivity index (χ2n) is 8.04. The van der Waals surface area contributed by atoms with E-state index in [0.29, 0.717) is 18.5 Å². The zero-order valence-corrected chi connectivity index (χ0v) is 19.7. The van der Waals surface area contributed by atoms with Crippen molar-refractivity contribution in [2.45, 2.75) is 58.6 Å². The highest BCUT2D eigenvalue weighted by Crippen LogP contribution is 2.20. The first-order chi connectivity index (χ1) is 15.7. The fourth-order valence-corrected chi connectivity index (χ4v) is 3.78. The number of hydrogen-bond donors (Lipinski definition) is 1. The van der Waals surface area contributed by atoms with E-state index in [9.17, 15) is 0 Å². The lowest BCUT2D eigenvalue weighted by Crippen LogP contribution is -2.47. The maximum Gasteiger partial charge on any atom is 0.257 e. The third kappa shape index (κ3) is 7.31. The molecule has 1 N–H and O–H groups in total. The van der Waals surface area contributed by atoms with Crippen molar-refractivity contribution in [2.75, 3.05) is 40.0 Å². The molecule has 0 atom stereocenters. The SMILES string of the molecule is CCCc1noc(-c2cccc(CN=C(NCC)N3CCC(OCCCOC)CC3)c2)n1. The van der Waals surface area contributed by atoms with Crippen LogP contribution in [-0.4, -0.2) is 67.1 Å². The van der Waals surface area contributed by atoms with Gasteiger partial charge in [0.1, 0.15) is 0 Å². The van der Waals surface area contributed by atoms with Crippen LogP contribution in [0.3, 0.4) is 0 Å². The molecule has 8 nitrogen and oxygen atoms in total. The third-order valence-corrected chi connectivity index (χ3v) is 5.45. The van der Waals surface area contributed by atoms with E-state index in [1.54, 1.807) is 7.11 Å². The molecule has 176 valence electrons. The molecule has 1 saturated heterocycles. The minimum Gasteiger partial charge on any atom is -0.385 e. The number of nitrogens with zero attached hydrogens (tertiary/aromatic N) is 4. The van der Waals surface area contributed by atoms with E-state index >= 15 is 0 Å². The minimum absolute atomic E-state index is 0.328. The molecule has 0 spiro atoms. The maximum absolute atomic E-state index is 5.99. The number of nitrogens with one attached hydrogen (secondary N) is 1. The summed E-state index contributed by atoms with van der Waals surface area (Å²) in [5, 5.41) is 7.50. The van der Waals surface area contributed by atoms with Gasteiger partial charge in [0.2, 0.25) is 0 Å². The first kappa shape index (κ1) is 24.2. The topological polar surface area (TPSA) is 85.0 Å². The molecule has 1 fully saturated rings. The fraction of sp³-hybridized carbons (Fsp3) is 0.625. The molecule has 0 amide bonds. The van der Waals surface area contributed by atoms with E-state index < -0.39 is 0 Å². The predicted molar refractivity (Wildman–Crippen MR) is 126 cm³/mol. The van der Waals surface area contributed by atoms with Gasteiger partial charge in [0, 0.05) is 51.9 Å². The van der Waals surface area contributed by atoms with Crippen molar-refractivity contribution >= 4 is 5.96 Å². The summed E-state index contributed by atoms with van der Waals surface area (Å²) in [6.45, 7) is 9.06. The number of aryl methyl sites for hydroxylation is 1. The highest BCUT2D eigenvalue weighted by Gasteiger charge is 2.21. The number of ether oxygens (including phenoxy) is 2. The van der Waals surface area contributed by atoms with Gasteiger partial charge in [0.15, 0.2) is 11.8 Å². The summed E-state index contributed by atoms with van der Waals surface area (Å²) in [6.07, 6.45) is 5.14. The average Bonchev–Trinajstić information content (AvgIpc) is 3.29. The van der Waals surface area contributed by atoms with Crippen molar-refractivity contribution in [1.82, 2.24) is 20.4 Å². The summed E-state index contributed by atoms with van der Waals surface area (Å²) in [5.41, 5.74) is 2.05. The van der Waals surface area contributed by atoms with E-state index in [2.05, 4.69) is 46.3 Å². The van der Waals surface area contributed by atoms with Gasteiger partial charge in [0.25, 0.3) is 5.89 Å². The predicted octanol–water partition coefficient (Wildman–Crippen LogP) is 3.67. The van der Waals surface area contributed by atoms with Crippen LogP contribution in [0.15, 0.2) is 33.8 Å². The number of benzene rings is 1. The summed E-state index contributed by atoms with van der Waals surface area (Å²) < 4.78 is 16.5. The van der Waals surface area contributed by atoms with Gasteiger partial charge >= 0.3 is 0 Å². The second-order valence-corrected chi connectivity index (χ2v) is 8.04. The van der Waals surface area contributed by atoms with Crippen LogP contribution < -0.4 is 5.32 Å². The molecule has 1 aromatic heterocycles. The van der Waals surface area contributed by atoms with E-state index in [4.69, 9.17) is 19.0 Å². The second kappa shape index (κ2) is 13.2. The molecular weight excluding hydrogens is 406 g/mol. The summed E-state index contributed by atoms with van der Waals surface area (Å²) >= 11 is 0. The molecule has 2 heterocycles. The molecule has 0 bridgehead atoms. The highest BCUT2D eigenvalue weighted by atomic mass is 16.5. The molecule has 1 aliphatic rings. The Morgan fingerprint density at radius 1 is 1.25 bits per heavy atom. The largest absolute Gasteiger partial charge is 0.385 e. The van der Waals surface area contributed by atoms with Crippen molar-refractivity contribution in [3.63, 3.8) is 0 Å². The number of methoxy groups -OCH3 is 1. The van der Waals surface area contributed by atoms with Crippen molar-refractivity contribution in [1.29, 1.82) is 0 Å². The Morgan fingerprint density at radius 2 is 2.09 bits per heavy atom. The normalized spacial score (nSPS) is 15.3. The number of piperidine rings is 1. The first-order valence-corrected chi connectivity index (χ1v) is 11.8. The summed E-state index contributed by atoms with van der Waals surface area (Å²) in [5.74, 6) is 2.28. The van der Waals surface area contributed by atoms with Crippen molar-refractivity contribution < 1.29 is 14.0 Å². The average molecular weight is 444 g/mol. The molecule has 3 rings (SSSR count). The number of likely N-dealkylation sites (tertiary alicyclic amines) is 1. The summed E-state index contributed by atoms with van der Waals surface area (Å²) in [7, 11) is 1.73. The van der Waals surface area contributed by atoms with Crippen LogP contribution in [0.4, 0.5) is 0 Å². The zero-order chi connectivity index (χ0) is 22.6. The smallest absolute Gasteiger partial charge is 0.257 e. The van der Waals surface area contributed by atoms with Crippen molar-refractivity contribution in [2.24, 2.45) is 4.99 Å². The summed E-state index contributed by atoms with van der Waals surface area (Å²) in [6, 6.07) is 8.18. The molecule has 0 saturated carbocycles. The number of aromatic nitrogens is 2. The molecule has 0 aliphatic carbocycles. The van der Waals surface area contributed by atoms with Crippen molar-refractivity contribution in [3.05, 3.63) is 35.7 Å². The highest BCUT2D eigenvalue weighted by molar-refractivity contribution is 5.80. The molecule has 1 aliphatic heterocycles. The van der Waals surface area contributed by atoms with Gasteiger partial charge in [-0.05, 0) is 50.3 Å². The third-order valence-electron chi connectivity index (χ3n) is 5.45. The van der Waals surface area contributed by atoms with E-state index in [1.165, 1.54) is 0 Å². The van der Waals surface area contributed by atoms with E-state index in [1.807, 2.05) is 12.1 Å². The van der Waals surface area contributed by atoms with E-state index in [0.717, 1.165) is 87.9 Å². The molecule has 0 unspecified atom stereocenters. The van der Waals surface area contributed by atoms with Gasteiger partial charge in [0.05, 0.1) is 12.6 Å². The zero-order valence-electron chi connectivity index (χ0n) is 19.7. The molecule has 0 radical (unpaired) electrons. The Balaban J connectivity index is 1.57. The fourth-order valence-electron chi connectivity index (χ4n) is 3.78. The molecule has 8 heteroatoms. The van der Waals surface area contributed by atoms with Crippen LogP contribution in [0.1, 0.15) is 50.9 Å². The lowest BCUT2D eigenvalue weighted by atomic mass is 10.1. The van der Waals surface area contributed by atoms with Gasteiger partial charge in [-0.15, -0.1) is 0 Å². The van der Waals surface area contributed by atoms with Crippen LogP contribution in [0, 0.1) is 0 Å². The van der Waals surface area contributed by atoms with Crippen LogP contribution in [0.25, 0.3) is 11.5 Å². The lowest BCUT2D eigenvalue weighted by Gasteiger charge is -2.34. The molecule has 32 heavy (non-hydrogen) atoms. The monoisotopic (exact) mass is 443 g/mol. The maximum atomic E-state index is 5.99. The van der Waals surface area contributed by atoms with Crippen LogP contribution in [0.5, 0.6) is 0 Å².